The Hall–Kier alpha value is -0.870. The van der Waals surface area contributed by atoms with Crippen LogP contribution in [0.15, 0.2) is 12.4 Å². The zero-order valence-corrected chi connectivity index (χ0v) is 11.6. The molecule has 98 valence electrons. The zero-order valence-electron chi connectivity index (χ0n) is 11.6. The summed E-state index contributed by atoms with van der Waals surface area (Å²) in [6, 6.07) is 0.389. The first-order valence-corrected chi connectivity index (χ1v) is 6.61. The predicted octanol–water partition coefficient (Wildman–Crippen LogP) is 1.80. The first kappa shape index (κ1) is 14.2. The fourth-order valence-electron chi connectivity index (χ4n) is 1.94. The highest BCUT2D eigenvalue weighted by Gasteiger charge is 2.06. The third-order valence-electron chi connectivity index (χ3n) is 3.22. The lowest BCUT2D eigenvalue weighted by Gasteiger charge is -2.18. The van der Waals surface area contributed by atoms with Gasteiger partial charge < -0.3 is 10.2 Å². The highest BCUT2D eigenvalue weighted by molar-refractivity contribution is 5.08. The summed E-state index contributed by atoms with van der Waals surface area (Å²) in [7, 11) is 1.95. The molecule has 0 bridgehead atoms. The SMILES string of the molecule is CCN(CC)CCCNC(C)c1cnn(C)c1. The van der Waals surface area contributed by atoms with Crippen molar-refractivity contribution < 1.29 is 0 Å². The third-order valence-corrected chi connectivity index (χ3v) is 3.22. The summed E-state index contributed by atoms with van der Waals surface area (Å²) in [4.78, 5) is 2.45. The minimum atomic E-state index is 0.389. The van der Waals surface area contributed by atoms with Crippen molar-refractivity contribution in [3.8, 4) is 0 Å². The highest BCUT2D eigenvalue weighted by atomic mass is 15.2. The lowest BCUT2D eigenvalue weighted by molar-refractivity contribution is 0.296. The topological polar surface area (TPSA) is 33.1 Å². The molecule has 0 saturated carbocycles. The van der Waals surface area contributed by atoms with Gasteiger partial charge in [-0.15, -0.1) is 0 Å². The van der Waals surface area contributed by atoms with Gasteiger partial charge in [-0.1, -0.05) is 13.8 Å². The fraction of sp³-hybridized carbons (Fsp3) is 0.769. The van der Waals surface area contributed by atoms with Crippen molar-refractivity contribution in [3.63, 3.8) is 0 Å². The van der Waals surface area contributed by atoms with E-state index in [0.29, 0.717) is 6.04 Å². The molecular formula is C13H26N4. The van der Waals surface area contributed by atoms with E-state index in [1.807, 2.05) is 17.9 Å². The average molecular weight is 238 g/mol. The van der Waals surface area contributed by atoms with Crippen molar-refractivity contribution >= 4 is 0 Å². The monoisotopic (exact) mass is 238 g/mol. The van der Waals surface area contributed by atoms with Gasteiger partial charge in [-0.25, -0.2) is 0 Å². The van der Waals surface area contributed by atoms with Crippen LogP contribution in [0.25, 0.3) is 0 Å². The Bertz CT molecular complexity index is 304. The molecule has 0 amide bonds. The molecule has 0 saturated heterocycles. The molecule has 17 heavy (non-hydrogen) atoms. The van der Waals surface area contributed by atoms with Crippen molar-refractivity contribution in [3.05, 3.63) is 18.0 Å². The molecule has 1 aromatic heterocycles. The molecule has 0 radical (unpaired) electrons. The summed E-state index contributed by atoms with van der Waals surface area (Å²) in [6.07, 6.45) is 5.20. The molecule has 0 aliphatic carbocycles. The molecule has 1 heterocycles. The standard InChI is InChI=1S/C13H26N4/c1-5-17(6-2)9-7-8-14-12(3)13-10-15-16(4)11-13/h10-12,14H,5-9H2,1-4H3. The average Bonchev–Trinajstić information content (AvgIpc) is 2.76. The van der Waals surface area contributed by atoms with Gasteiger partial charge in [0, 0.05) is 24.8 Å². The summed E-state index contributed by atoms with van der Waals surface area (Å²) in [5, 5.41) is 7.72. The van der Waals surface area contributed by atoms with E-state index in [1.165, 1.54) is 18.5 Å². The summed E-state index contributed by atoms with van der Waals surface area (Å²) in [5.41, 5.74) is 1.26. The van der Waals surface area contributed by atoms with Crippen LogP contribution in [0.1, 0.15) is 38.8 Å². The maximum atomic E-state index is 4.19. The second kappa shape index (κ2) is 7.45. The molecule has 0 spiro atoms. The van der Waals surface area contributed by atoms with Gasteiger partial charge in [0.2, 0.25) is 0 Å². The number of hydrogen-bond donors (Lipinski definition) is 1. The maximum absolute atomic E-state index is 4.19. The van der Waals surface area contributed by atoms with Gasteiger partial charge in [0.05, 0.1) is 6.20 Å². The Balaban J connectivity index is 2.18. The van der Waals surface area contributed by atoms with Crippen LogP contribution >= 0.6 is 0 Å². The Kier molecular flexibility index (Phi) is 6.22. The fourth-order valence-corrected chi connectivity index (χ4v) is 1.94. The highest BCUT2D eigenvalue weighted by Crippen LogP contribution is 2.09. The van der Waals surface area contributed by atoms with Crippen LogP contribution in [-0.4, -0.2) is 40.9 Å². The van der Waals surface area contributed by atoms with Crippen LogP contribution in [-0.2, 0) is 7.05 Å². The molecule has 4 nitrogen and oxygen atoms in total. The Morgan fingerprint density at radius 3 is 2.65 bits per heavy atom. The Morgan fingerprint density at radius 2 is 2.12 bits per heavy atom. The molecule has 4 heteroatoms. The number of nitrogens with one attached hydrogen (secondary N) is 1. The minimum Gasteiger partial charge on any atom is -0.310 e. The van der Waals surface area contributed by atoms with E-state index in [2.05, 4.69) is 42.3 Å². The van der Waals surface area contributed by atoms with Crippen molar-refractivity contribution in [1.82, 2.24) is 20.0 Å². The van der Waals surface area contributed by atoms with Gasteiger partial charge in [-0.05, 0) is 39.5 Å². The zero-order chi connectivity index (χ0) is 12.7. The third kappa shape index (κ3) is 4.88. The van der Waals surface area contributed by atoms with E-state index in [1.54, 1.807) is 0 Å². The van der Waals surface area contributed by atoms with Gasteiger partial charge in [0.15, 0.2) is 0 Å². The summed E-state index contributed by atoms with van der Waals surface area (Å²) >= 11 is 0. The molecule has 0 fully saturated rings. The number of aryl methyl sites for hydroxylation is 1. The predicted molar refractivity (Wildman–Crippen MR) is 72.0 cm³/mol. The van der Waals surface area contributed by atoms with Gasteiger partial charge in [-0.3, -0.25) is 4.68 Å². The number of hydrogen-bond acceptors (Lipinski definition) is 3. The quantitative estimate of drug-likeness (QED) is 0.701. The normalized spacial score (nSPS) is 13.2. The van der Waals surface area contributed by atoms with Crippen LogP contribution in [0.4, 0.5) is 0 Å². The largest absolute Gasteiger partial charge is 0.310 e. The lowest BCUT2D eigenvalue weighted by Crippen LogP contribution is -2.28. The van der Waals surface area contributed by atoms with E-state index >= 15 is 0 Å². The first-order valence-electron chi connectivity index (χ1n) is 6.61. The van der Waals surface area contributed by atoms with Crippen molar-refractivity contribution in [2.75, 3.05) is 26.2 Å². The molecular weight excluding hydrogens is 212 g/mol. The Morgan fingerprint density at radius 1 is 1.41 bits per heavy atom. The summed E-state index contributed by atoms with van der Waals surface area (Å²) in [5.74, 6) is 0. The summed E-state index contributed by atoms with van der Waals surface area (Å²) in [6.45, 7) is 11.2. The molecule has 1 aromatic rings. The van der Waals surface area contributed by atoms with Gasteiger partial charge in [-0.2, -0.15) is 5.10 Å². The van der Waals surface area contributed by atoms with Crippen molar-refractivity contribution in [2.45, 2.75) is 33.2 Å². The van der Waals surface area contributed by atoms with Crippen LogP contribution in [0.3, 0.4) is 0 Å². The molecule has 1 N–H and O–H groups in total. The van der Waals surface area contributed by atoms with Crippen molar-refractivity contribution in [2.24, 2.45) is 7.05 Å². The van der Waals surface area contributed by atoms with Crippen LogP contribution in [0, 0.1) is 0 Å². The van der Waals surface area contributed by atoms with Crippen LogP contribution in [0.2, 0.25) is 0 Å². The maximum Gasteiger partial charge on any atom is 0.0537 e. The second-order valence-electron chi connectivity index (χ2n) is 4.50. The minimum absolute atomic E-state index is 0.389. The van der Waals surface area contributed by atoms with E-state index in [-0.39, 0.29) is 0 Å². The van der Waals surface area contributed by atoms with E-state index in [4.69, 9.17) is 0 Å². The van der Waals surface area contributed by atoms with Gasteiger partial charge >= 0.3 is 0 Å². The smallest absolute Gasteiger partial charge is 0.0537 e. The molecule has 1 unspecified atom stereocenters. The molecule has 0 aliphatic rings. The summed E-state index contributed by atoms with van der Waals surface area (Å²) < 4.78 is 1.85. The van der Waals surface area contributed by atoms with Crippen LogP contribution in [0.5, 0.6) is 0 Å². The van der Waals surface area contributed by atoms with Gasteiger partial charge in [0.1, 0.15) is 0 Å². The Labute approximate surface area is 105 Å². The molecule has 0 aliphatic heterocycles. The van der Waals surface area contributed by atoms with E-state index in [0.717, 1.165) is 19.6 Å². The molecule has 0 aromatic carbocycles. The number of aromatic nitrogens is 2. The second-order valence-corrected chi connectivity index (χ2v) is 4.50. The van der Waals surface area contributed by atoms with E-state index in [9.17, 15) is 0 Å². The number of nitrogens with zero attached hydrogens (tertiary/aromatic N) is 3. The lowest BCUT2D eigenvalue weighted by atomic mass is 10.2. The van der Waals surface area contributed by atoms with Crippen molar-refractivity contribution in [1.29, 1.82) is 0 Å². The number of rotatable bonds is 8. The van der Waals surface area contributed by atoms with Gasteiger partial charge in [0.25, 0.3) is 0 Å². The molecule has 1 rings (SSSR count). The first-order chi connectivity index (χ1) is 8.17. The molecule has 1 atom stereocenters. The van der Waals surface area contributed by atoms with E-state index < -0.39 is 0 Å². The van der Waals surface area contributed by atoms with Crippen LogP contribution < -0.4 is 5.32 Å².